The lowest BCUT2D eigenvalue weighted by molar-refractivity contribution is 0.0629. The molecule has 1 aliphatic rings. The van der Waals surface area contributed by atoms with E-state index in [1.807, 2.05) is 6.92 Å². The van der Waals surface area contributed by atoms with E-state index in [0.717, 1.165) is 11.3 Å². The van der Waals surface area contributed by atoms with E-state index in [4.69, 9.17) is 11.6 Å². The van der Waals surface area contributed by atoms with Crippen LogP contribution in [-0.4, -0.2) is 42.0 Å². The molecule has 2 atom stereocenters. The first kappa shape index (κ1) is 14.2. The fraction of sp³-hybridized carbons (Fsp3) is 0.700. The highest BCUT2D eigenvalue weighted by Crippen LogP contribution is 2.31. The van der Waals surface area contributed by atoms with Crippen LogP contribution in [0.4, 0.5) is 0 Å². The third-order valence-electron chi connectivity index (χ3n) is 3.12. The van der Waals surface area contributed by atoms with Crippen LogP contribution < -0.4 is 0 Å². The van der Waals surface area contributed by atoms with Gasteiger partial charge in [0, 0.05) is 13.1 Å². The Morgan fingerprint density at radius 3 is 2.72 bits per heavy atom. The van der Waals surface area contributed by atoms with Crippen molar-refractivity contribution in [3.63, 3.8) is 0 Å². The van der Waals surface area contributed by atoms with E-state index in [1.165, 1.54) is 4.31 Å². The highest BCUT2D eigenvalue weighted by Gasteiger charge is 2.34. The molecule has 5 nitrogen and oxygen atoms in total. The molecule has 1 aliphatic heterocycles. The molecule has 1 fully saturated rings. The smallest absolute Gasteiger partial charge is 0.254 e. The maximum absolute atomic E-state index is 12.4. The van der Waals surface area contributed by atoms with Crippen LogP contribution in [0.5, 0.6) is 0 Å². The van der Waals surface area contributed by atoms with Gasteiger partial charge in [0.25, 0.3) is 10.0 Å². The first-order chi connectivity index (χ1) is 8.32. The second-order valence-electron chi connectivity index (χ2n) is 4.54. The number of thiazole rings is 1. The summed E-state index contributed by atoms with van der Waals surface area (Å²) in [7, 11) is -3.53. The van der Waals surface area contributed by atoms with Crippen molar-refractivity contribution >= 4 is 33.0 Å². The van der Waals surface area contributed by atoms with Crippen LogP contribution in [0.2, 0.25) is 4.47 Å². The molecule has 0 radical (unpaired) electrons. The lowest BCUT2D eigenvalue weighted by Crippen LogP contribution is -2.44. The molecule has 2 unspecified atom stereocenters. The number of aryl methyl sites for hydroxylation is 1. The Morgan fingerprint density at radius 1 is 1.56 bits per heavy atom. The van der Waals surface area contributed by atoms with Crippen LogP contribution in [0.25, 0.3) is 0 Å². The molecule has 1 saturated heterocycles. The minimum atomic E-state index is -3.53. The normalized spacial score (nSPS) is 26.4. The van der Waals surface area contributed by atoms with E-state index >= 15 is 0 Å². The minimum Gasteiger partial charge on any atom is -0.393 e. The predicted octanol–water partition coefficient (Wildman–Crippen LogP) is 1.50. The quantitative estimate of drug-likeness (QED) is 0.898. The molecule has 0 bridgehead atoms. The van der Waals surface area contributed by atoms with Gasteiger partial charge in [-0.1, -0.05) is 29.9 Å². The van der Waals surface area contributed by atoms with Crippen LogP contribution in [-0.2, 0) is 10.0 Å². The maximum Gasteiger partial charge on any atom is 0.254 e. The van der Waals surface area contributed by atoms with Gasteiger partial charge in [-0.05, 0) is 19.3 Å². The van der Waals surface area contributed by atoms with Crippen molar-refractivity contribution in [1.82, 2.24) is 9.29 Å². The van der Waals surface area contributed by atoms with Gasteiger partial charge < -0.3 is 5.11 Å². The molecular formula is C10H15ClN2O3S2. The van der Waals surface area contributed by atoms with Gasteiger partial charge in [0.2, 0.25) is 0 Å². The molecule has 2 heterocycles. The SMILES string of the molecule is Cc1nc(Cl)sc1S(=O)(=O)N1CCC(O)C(C)C1. The number of halogens is 1. The Kier molecular flexibility index (Phi) is 3.99. The highest BCUT2D eigenvalue weighted by molar-refractivity contribution is 7.91. The lowest BCUT2D eigenvalue weighted by atomic mass is 9.99. The Morgan fingerprint density at radius 2 is 2.22 bits per heavy atom. The van der Waals surface area contributed by atoms with E-state index in [9.17, 15) is 13.5 Å². The summed E-state index contributed by atoms with van der Waals surface area (Å²) in [5.74, 6) is -0.0581. The molecule has 1 N–H and O–H groups in total. The monoisotopic (exact) mass is 310 g/mol. The number of hydrogen-bond acceptors (Lipinski definition) is 5. The highest BCUT2D eigenvalue weighted by atomic mass is 35.5. The Bertz CT molecular complexity index is 543. The van der Waals surface area contributed by atoms with Crippen LogP contribution in [0.3, 0.4) is 0 Å². The second kappa shape index (κ2) is 5.05. The summed E-state index contributed by atoms with van der Waals surface area (Å²) in [5, 5.41) is 9.64. The van der Waals surface area contributed by atoms with Crippen LogP contribution >= 0.6 is 22.9 Å². The Hall–Kier alpha value is -0.210. The Balaban J connectivity index is 2.29. The molecule has 102 valence electrons. The standard InChI is InChI=1S/C10H15ClN2O3S2/c1-6-5-13(4-3-8(6)14)18(15,16)9-7(2)12-10(11)17-9/h6,8,14H,3-5H2,1-2H3. The van der Waals surface area contributed by atoms with Gasteiger partial charge in [-0.25, -0.2) is 13.4 Å². The van der Waals surface area contributed by atoms with Crippen molar-refractivity contribution in [2.24, 2.45) is 5.92 Å². The van der Waals surface area contributed by atoms with Crippen LogP contribution in [0.1, 0.15) is 19.0 Å². The summed E-state index contributed by atoms with van der Waals surface area (Å²) in [5.41, 5.74) is 0.434. The van der Waals surface area contributed by atoms with Crippen molar-refractivity contribution < 1.29 is 13.5 Å². The minimum absolute atomic E-state index is 0.0581. The van der Waals surface area contributed by atoms with Gasteiger partial charge in [0.15, 0.2) is 8.68 Å². The van der Waals surface area contributed by atoms with Gasteiger partial charge >= 0.3 is 0 Å². The zero-order valence-corrected chi connectivity index (χ0v) is 12.5. The molecule has 1 aromatic heterocycles. The van der Waals surface area contributed by atoms with Crippen molar-refractivity contribution in [1.29, 1.82) is 0 Å². The van der Waals surface area contributed by atoms with E-state index in [0.29, 0.717) is 25.2 Å². The fourth-order valence-corrected chi connectivity index (χ4v) is 5.45. The van der Waals surface area contributed by atoms with E-state index in [2.05, 4.69) is 4.98 Å². The van der Waals surface area contributed by atoms with Gasteiger partial charge in [-0.3, -0.25) is 0 Å². The van der Waals surface area contributed by atoms with Gasteiger partial charge in [0.1, 0.15) is 0 Å². The van der Waals surface area contributed by atoms with Crippen molar-refractivity contribution in [3.8, 4) is 0 Å². The average molecular weight is 311 g/mol. The zero-order chi connectivity index (χ0) is 13.5. The van der Waals surface area contributed by atoms with Crippen molar-refractivity contribution in [2.75, 3.05) is 13.1 Å². The predicted molar refractivity (Wildman–Crippen MR) is 70.4 cm³/mol. The fourth-order valence-electron chi connectivity index (χ4n) is 2.02. The van der Waals surface area contributed by atoms with Crippen LogP contribution in [0, 0.1) is 12.8 Å². The molecule has 0 saturated carbocycles. The first-order valence-electron chi connectivity index (χ1n) is 5.63. The first-order valence-corrected chi connectivity index (χ1v) is 8.27. The zero-order valence-electron chi connectivity index (χ0n) is 10.1. The second-order valence-corrected chi connectivity index (χ2v) is 8.25. The molecular weight excluding hydrogens is 296 g/mol. The Labute approximate surface area is 115 Å². The number of hydrogen-bond donors (Lipinski definition) is 1. The number of piperidine rings is 1. The topological polar surface area (TPSA) is 70.5 Å². The molecule has 18 heavy (non-hydrogen) atoms. The third kappa shape index (κ3) is 2.55. The third-order valence-corrected chi connectivity index (χ3v) is 6.84. The van der Waals surface area contributed by atoms with Crippen LogP contribution in [0.15, 0.2) is 4.21 Å². The van der Waals surface area contributed by atoms with E-state index in [-0.39, 0.29) is 14.6 Å². The molecule has 0 amide bonds. The summed E-state index contributed by atoms with van der Waals surface area (Å²) in [6, 6.07) is 0. The number of nitrogens with zero attached hydrogens (tertiary/aromatic N) is 2. The van der Waals surface area contributed by atoms with E-state index < -0.39 is 16.1 Å². The largest absolute Gasteiger partial charge is 0.393 e. The maximum atomic E-state index is 12.4. The molecule has 2 rings (SSSR count). The molecule has 0 spiro atoms. The van der Waals surface area contributed by atoms with Gasteiger partial charge in [-0.2, -0.15) is 4.31 Å². The molecule has 8 heteroatoms. The molecule has 1 aromatic rings. The summed E-state index contributed by atoms with van der Waals surface area (Å²) >= 11 is 6.73. The lowest BCUT2D eigenvalue weighted by Gasteiger charge is -2.33. The summed E-state index contributed by atoms with van der Waals surface area (Å²) in [6.07, 6.45) is 0.0361. The summed E-state index contributed by atoms with van der Waals surface area (Å²) < 4.78 is 26.7. The number of aliphatic hydroxyl groups excluding tert-OH is 1. The number of rotatable bonds is 2. The van der Waals surface area contributed by atoms with E-state index in [1.54, 1.807) is 6.92 Å². The molecule has 0 aromatic carbocycles. The summed E-state index contributed by atoms with van der Waals surface area (Å²) in [4.78, 5) is 3.93. The number of sulfonamides is 1. The summed E-state index contributed by atoms with van der Waals surface area (Å²) in [6.45, 7) is 4.15. The van der Waals surface area contributed by atoms with Gasteiger partial charge in [0.05, 0.1) is 11.8 Å². The van der Waals surface area contributed by atoms with Crippen molar-refractivity contribution in [3.05, 3.63) is 10.2 Å². The molecule has 0 aliphatic carbocycles. The number of aliphatic hydroxyl groups is 1. The van der Waals surface area contributed by atoms with Gasteiger partial charge in [-0.15, -0.1) is 0 Å². The van der Waals surface area contributed by atoms with Crippen molar-refractivity contribution in [2.45, 2.75) is 30.6 Å². The average Bonchev–Trinajstić information content (AvgIpc) is 2.62. The number of aromatic nitrogens is 1.